The van der Waals surface area contributed by atoms with Gasteiger partial charge in [-0.25, -0.2) is 19.6 Å². The lowest BCUT2D eigenvalue weighted by atomic mass is 10.1. The minimum absolute atomic E-state index is 0.00607. The number of aromatic amines is 1. The third-order valence-corrected chi connectivity index (χ3v) is 13.7. The SMILES string of the molecule is CC(O)CCn1c(=O)c2c(nc(Cc3cccc(OC(F)(F)F)c3)n2Cc2ccccn2)n(C)c1=O.Cc1ccc(S(=O)(=O)OCCC(C)O)cc1.Cn1c(=O)[nH]c(=O)c2c1nc(Cc1cccc(OC(F)(F)F)c1)n2Cc1ccccn1. The second-order valence-electron chi connectivity index (χ2n) is 18.9. The Morgan fingerprint density at radius 3 is 1.59 bits per heavy atom. The smallest absolute Gasteiger partial charge is 0.406 e. The van der Waals surface area contributed by atoms with Crippen molar-refractivity contribution in [3.8, 4) is 11.5 Å². The number of nitrogens with zero attached hydrogens (tertiary/aromatic N) is 9. The second kappa shape index (κ2) is 26.5. The van der Waals surface area contributed by atoms with Gasteiger partial charge >= 0.3 is 24.1 Å². The Bertz CT molecular complexity index is 4050. The molecule has 28 heteroatoms. The molecule has 0 fully saturated rings. The lowest BCUT2D eigenvalue weighted by molar-refractivity contribution is -0.275. The number of aliphatic hydroxyl groups is 2. The fraction of sp³-hybridized carbons (Fsp3) is 0.309. The van der Waals surface area contributed by atoms with Crippen molar-refractivity contribution in [2.75, 3.05) is 6.61 Å². The highest BCUT2D eigenvalue weighted by molar-refractivity contribution is 7.86. The maximum atomic E-state index is 13.4. The first kappa shape index (κ1) is 61.9. The van der Waals surface area contributed by atoms with Gasteiger partial charge in [-0.1, -0.05) is 54.1 Å². The molecule has 0 saturated carbocycles. The van der Waals surface area contributed by atoms with Crippen molar-refractivity contribution in [3.63, 3.8) is 0 Å². The molecule has 0 spiro atoms. The Kier molecular flexibility index (Phi) is 19.7. The number of aryl methyl sites for hydroxylation is 3. The highest BCUT2D eigenvalue weighted by atomic mass is 32.2. The average Bonchev–Trinajstić information content (AvgIpc) is 2.96. The van der Waals surface area contributed by atoms with Crippen LogP contribution in [-0.4, -0.2) is 97.9 Å². The van der Waals surface area contributed by atoms with Crippen LogP contribution in [0.15, 0.2) is 146 Å². The number of nitrogens with one attached hydrogen (secondary N) is 1. The predicted octanol–water partition coefficient (Wildman–Crippen LogP) is 6.43. The zero-order valence-corrected chi connectivity index (χ0v) is 45.9. The van der Waals surface area contributed by atoms with Crippen molar-refractivity contribution in [1.29, 1.82) is 0 Å². The Balaban J connectivity index is 0.000000192. The number of aliphatic hydroxyl groups excluding tert-OH is 2. The molecule has 6 heterocycles. The van der Waals surface area contributed by atoms with Crippen molar-refractivity contribution in [2.45, 2.75) is 95.9 Å². The van der Waals surface area contributed by atoms with E-state index in [2.05, 4.69) is 34.4 Å². The predicted molar refractivity (Wildman–Crippen MR) is 290 cm³/mol. The number of imidazole rings is 2. The molecular formula is C55H56F6N10O11S. The van der Waals surface area contributed by atoms with Gasteiger partial charge in [0.2, 0.25) is 0 Å². The average molecular weight is 1180 g/mol. The number of ether oxygens (including phenoxy) is 2. The van der Waals surface area contributed by atoms with Gasteiger partial charge in [0.05, 0.1) is 48.2 Å². The lowest BCUT2D eigenvalue weighted by Gasteiger charge is -2.12. The molecule has 83 heavy (non-hydrogen) atoms. The number of alkyl halides is 6. The summed E-state index contributed by atoms with van der Waals surface area (Å²) in [6.07, 6.45) is -7.04. The van der Waals surface area contributed by atoms with Gasteiger partial charge in [0.25, 0.3) is 21.2 Å². The topological polar surface area (TPSA) is 263 Å². The van der Waals surface area contributed by atoms with E-state index in [4.69, 9.17) is 9.29 Å². The molecule has 0 bridgehead atoms. The summed E-state index contributed by atoms with van der Waals surface area (Å²) in [6, 6.07) is 28.0. The number of benzene rings is 3. The molecular weight excluding hydrogens is 1120 g/mol. The van der Waals surface area contributed by atoms with Gasteiger partial charge in [0.1, 0.15) is 23.1 Å². The van der Waals surface area contributed by atoms with Crippen LogP contribution in [0.25, 0.3) is 22.3 Å². The van der Waals surface area contributed by atoms with Crippen molar-refractivity contribution in [3.05, 3.63) is 203 Å². The first-order chi connectivity index (χ1) is 39.2. The van der Waals surface area contributed by atoms with Crippen molar-refractivity contribution >= 4 is 32.4 Å². The van der Waals surface area contributed by atoms with E-state index < -0.39 is 57.5 Å². The van der Waals surface area contributed by atoms with Crippen molar-refractivity contribution in [1.82, 2.24) is 47.8 Å². The van der Waals surface area contributed by atoms with E-state index in [0.29, 0.717) is 40.6 Å². The van der Waals surface area contributed by atoms with Crippen molar-refractivity contribution < 1.29 is 58.6 Å². The van der Waals surface area contributed by atoms with Gasteiger partial charge in [0.15, 0.2) is 22.3 Å². The fourth-order valence-electron chi connectivity index (χ4n) is 8.30. The molecule has 0 saturated heterocycles. The van der Waals surface area contributed by atoms with Crippen LogP contribution in [0.5, 0.6) is 11.5 Å². The van der Waals surface area contributed by atoms with Crippen LogP contribution >= 0.6 is 0 Å². The Morgan fingerprint density at radius 1 is 0.627 bits per heavy atom. The molecule has 3 aromatic carbocycles. The van der Waals surface area contributed by atoms with Crippen LogP contribution in [0.2, 0.25) is 0 Å². The molecule has 2 unspecified atom stereocenters. The van der Waals surface area contributed by atoms with Gasteiger partial charge < -0.3 is 28.8 Å². The molecule has 440 valence electrons. The number of pyridine rings is 2. The van der Waals surface area contributed by atoms with E-state index in [9.17, 15) is 59.0 Å². The van der Waals surface area contributed by atoms with Gasteiger partial charge in [-0.2, -0.15) is 8.42 Å². The first-order valence-corrected chi connectivity index (χ1v) is 26.8. The molecule has 6 aromatic heterocycles. The molecule has 21 nitrogen and oxygen atoms in total. The maximum absolute atomic E-state index is 13.4. The number of halogens is 6. The zero-order chi connectivity index (χ0) is 60.4. The van der Waals surface area contributed by atoms with Crippen LogP contribution in [-0.2, 0) is 60.9 Å². The molecule has 0 radical (unpaired) electrons. The van der Waals surface area contributed by atoms with E-state index >= 15 is 0 Å². The van der Waals surface area contributed by atoms with Gasteiger partial charge in [-0.3, -0.25) is 42.4 Å². The van der Waals surface area contributed by atoms with Crippen LogP contribution in [0.4, 0.5) is 26.3 Å². The summed E-state index contributed by atoms with van der Waals surface area (Å²) in [7, 11) is -0.723. The number of aromatic nitrogens is 10. The lowest BCUT2D eigenvalue weighted by Crippen LogP contribution is -2.40. The number of hydrogen-bond donors (Lipinski definition) is 3. The third kappa shape index (κ3) is 16.7. The maximum Gasteiger partial charge on any atom is 0.573 e. The Labute approximate surface area is 468 Å². The standard InChI is InChI=1S/C24H24F3N5O4.C20H16F3N5O3.C11H16O4S/c1-15(33)9-11-31-22(34)20-21(30(2)23(31)35)29-19(32(20)14-17-7-3-4-10-28-17)13-16-6-5-8-18(12-16)36-24(25,26)27;1-27-17-16(18(29)26-19(27)30)28(11-13-6-2-3-8-24-13)15(25-17)10-12-5-4-7-14(9-12)31-20(21,22)23;1-9-3-5-11(6-4-9)16(13,14)15-8-7-10(2)12/h3-8,10,12,15,33H,9,11,13-14H2,1-2H3;2-9H,10-11H2,1H3,(H,26,29,30);3-6,10,12H,7-8H2,1-2H3. The molecule has 9 aromatic rings. The van der Waals surface area contributed by atoms with E-state index in [-0.39, 0.29) is 84.2 Å². The highest BCUT2D eigenvalue weighted by Gasteiger charge is 2.32. The summed E-state index contributed by atoms with van der Waals surface area (Å²) in [5.41, 5.74) is 1.47. The first-order valence-electron chi connectivity index (χ1n) is 25.3. The quantitative estimate of drug-likeness (QED) is 0.0618. The van der Waals surface area contributed by atoms with Gasteiger partial charge in [0, 0.05) is 45.9 Å². The highest BCUT2D eigenvalue weighted by Crippen LogP contribution is 2.27. The number of hydrogen-bond acceptors (Lipinski definition) is 15. The Morgan fingerprint density at radius 2 is 1.12 bits per heavy atom. The molecule has 2 atom stereocenters. The van der Waals surface area contributed by atoms with Crippen LogP contribution < -0.4 is 32.0 Å². The van der Waals surface area contributed by atoms with Crippen LogP contribution in [0.1, 0.15) is 66.4 Å². The minimum atomic E-state index is -4.83. The molecule has 0 aliphatic heterocycles. The van der Waals surface area contributed by atoms with E-state index in [1.54, 1.807) is 96.0 Å². The van der Waals surface area contributed by atoms with Crippen LogP contribution in [0.3, 0.4) is 0 Å². The van der Waals surface area contributed by atoms with Gasteiger partial charge in [-0.05, 0) is 105 Å². The molecule has 3 N–H and O–H groups in total. The number of H-pyrrole nitrogens is 1. The zero-order valence-electron chi connectivity index (χ0n) is 45.1. The Hall–Kier alpha value is -8.73. The summed E-state index contributed by atoms with van der Waals surface area (Å²) in [4.78, 5) is 70.8. The fourth-order valence-corrected chi connectivity index (χ4v) is 9.22. The van der Waals surface area contributed by atoms with E-state index in [1.807, 2.05) is 6.92 Å². The summed E-state index contributed by atoms with van der Waals surface area (Å²) < 4.78 is 119. The van der Waals surface area contributed by atoms with Crippen molar-refractivity contribution in [2.24, 2.45) is 14.1 Å². The monoisotopic (exact) mass is 1180 g/mol. The van der Waals surface area contributed by atoms with E-state index in [1.165, 1.54) is 71.8 Å². The molecule has 0 aliphatic rings. The normalized spacial score (nSPS) is 12.5. The molecule has 0 amide bonds. The molecule has 9 rings (SSSR count). The minimum Gasteiger partial charge on any atom is -0.406 e. The number of fused-ring (bicyclic) bond motifs is 2. The van der Waals surface area contributed by atoms with Crippen LogP contribution in [0, 0.1) is 6.92 Å². The molecule has 0 aliphatic carbocycles. The second-order valence-corrected chi connectivity index (χ2v) is 20.6. The van der Waals surface area contributed by atoms with Gasteiger partial charge in [-0.15, -0.1) is 26.3 Å². The third-order valence-electron chi connectivity index (χ3n) is 12.3. The summed E-state index contributed by atoms with van der Waals surface area (Å²) in [6.45, 7) is 5.37. The number of rotatable bonds is 18. The summed E-state index contributed by atoms with van der Waals surface area (Å²) >= 11 is 0. The van der Waals surface area contributed by atoms with E-state index in [0.717, 1.165) is 10.1 Å². The summed E-state index contributed by atoms with van der Waals surface area (Å²) in [5.74, 6) is 0.0135. The summed E-state index contributed by atoms with van der Waals surface area (Å²) in [5, 5.41) is 18.6. The largest absolute Gasteiger partial charge is 0.573 e.